The minimum absolute atomic E-state index is 0.000275. The molecule has 0 spiro atoms. The zero-order valence-corrected chi connectivity index (χ0v) is 54.3. The maximum Gasteiger partial charge on any atom is 0.243 e. The molecule has 33 N–H and O–H groups in total. The van der Waals surface area contributed by atoms with Crippen molar-refractivity contribution in [2.45, 2.75) is 135 Å². The second-order valence-electron chi connectivity index (χ2n) is 20.6. The second kappa shape index (κ2) is 43.7. The standard InChI is InChI=1S/C50H85F4N27O9S4/c51-31-33(53)40-34(54)32(52)39(31)93-80-28(20-91)37(85)35(83)22(7-1-13-67-45(55)56)75-42(88)25(10-4-16-70-48(61)62)77-41(87)24(9-3-15-69-47(59)60)74-30(82)19-73-79-27(12-6-18-72-50(65)66)44(90)78-26(11-5-17-71-49(63)64)43(89)76-23(8-2-14-68-46(57)58)36(84)38(86)29(21-92)81-94-40/h22-29,73,79-81,91-92H,1-21H2,(H,74,82)(H,75,88)(H,76,89)(H,77,87)(H,78,90)(H4,55,56,67)(H4,57,58,68)(H4,59,60,69)(H4,61,62,70)(H4,63,64,71)(H4,65,66,72)/t22-,23-,24-,25-,26-,27-,28-,29-/m0/s1. The molecule has 526 valence electrons. The summed E-state index contributed by atoms with van der Waals surface area (Å²) in [5, 5.41) is 73.0. The minimum Gasteiger partial charge on any atom is -0.370 e. The predicted molar refractivity (Wildman–Crippen MR) is 349 cm³/mol. The van der Waals surface area contributed by atoms with Crippen LogP contribution in [-0.2, 0) is 43.2 Å². The third kappa shape index (κ3) is 30.3. The topological polar surface area (TPSA) is 633 Å². The van der Waals surface area contributed by atoms with Crippen LogP contribution in [0.15, 0.2) is 9.79 Å². The number of hydrazine groups is 1. The van der Waals surface area contributed by atoms with E-state index in [1.165, 1.54) is 0 Å². The van der Waals surface area contributed by atoms with Gasteiger partial charge >= 0.3 is 0 Å². The molecule has 2 aliphatic rings. The van der Waals surface area contributed by atoms with Gasteiger partial charge in [-0.2, -0.15) is 25.3 Å². The average molecular weight is 1410 g/mol. The minimum atomic E-state index is -2.04. The van der Waals surface area contributed by atoms with Crippen LogP contribution in [0.25, 0.3) is 0 Å². The first-order valence-electron chi connectivity index (χ1n) is 29.0. The fraction of sp³-hybridized carbons (Fsp3) is 0.580. The Morgan fingerprint density at radius 2 is 0.617 bits per heavy atom. The number of rotatable bonds is 26. The van der Waals surface area contributed by atoms with Crippen molar-refractivity contribution < 1.29 is 60.7 Å². The number of amides is 5. The number of carbonyl (C=O) groups excluding carboxylic acids is 9. The highest BCUT2D eigenvalue weighted by Crippen LogP contribution is 2.35. The van der Waals surface area contributed by atoms with E-state index in [1.807, 2.05) is 0 Å². The van der Waals surface area contributed by atoms with E-state index in [0.29, 0.717) is 0 Å². The summed E-state index contributed by atoms with van der Waals surface area (Å²) in [7, 11) is 0. The Kier molecular flexibility index (Phi) is 38.1. The monoisotopic (exact) mass is 1410 g/mol. The van der Waals surface area contributed by atoms with Crippen molar-refractivity contribution in [2.75, 3.05) is 57.3 Å². The van der Waals surface area contributed by atoms with Crippen LogP contribution >= 0.6 is 49.2 Å². The first-order chi connectivity index (χ1) is 44.4. The molecule has 0 saturated carbocycles. The smallest absolute Gasteiger partial charge is 0.243 e. The number of fused-ring (bicyclic) bond motifs is 30. The number of carbonyl (C=O) groups is 9. The van der Waals surface area contributed by atoms with Gasteiger partial charge in [0.05, 0.1) is 36.8 Å². The van der Waals surface area contributed by atoms with Gasteiger partial charge in [0.1, 0.15) is 27.9 Å². The van der Waals surface area contributed by atoms with Crippen molar-refractivity contribution in [3.05, 3.63) is 23.3 Å². The van der Waals surface area contributed by atoms with Gasteiger partial charge in [0.25, 0.3) is 0 Å². The molecule has 2 heterocycles. The Labute approximate surface area is 557 Å². The number of ketones is 4. The highest BCUT2D eigenvalue weighted by molar-refractivity contribution is 7.98. The molecule has 0 unspecified atom stereocenters. The lowest BCUT2D eigenvalue weighted by atomic mass is 9.99. The molecule has 44 heteroatoms. The lowest BCUT2D eigenvalue weighted by Crippen LogP contribution is -2.59. The van der Waals surface area contributed by atoms with E-state index >= 15 is 17.6 Å². The molecule has 2 aliphatic heterocycles. The number of Topliss-reactive ketones (excluding diaryl/α,β-unsaturated/α-hetero) is 4. The summed E-state index contributed by atoms with van der Waals surface area (Å²) in [5.41, 5.74) is 37.9. The number of halogens is 4. The first kappa shape index (κ1) is 81.9. The molecule has 0 radical (unpaired) electrons. The van der Waals surface area contributed by atoms with Crippen LogP contribution in [0.3, 0.4) is 0 Å². The second-order valence-corrected chi connectivity index (χ2v) is 23.0. The highest BCUT2D eigenvalue weighted by atomic mass is 32.2. The molecule has 2 bridgehead atoms. The fourth-order valence-corrected chi connectivity index (χ4v) is 10.8. The zero-order chi connectivity index (χ0) is 70.6. The third-order valence-electron chi connectivity index (χ3n) is 13.2. The maximum atomic E-state index is 15.9. The van der Waals surface area contributed by atoms with Crippen LogP contribution in [0.5, 0.6) is 0 Å². The fourth-order valence-electron chi connectivity index (χ4n) is 8.44. The van der Waals surface area contributed by atoms with Crippen molar-refractivity contribution in [1.82, 2.24) is 78.8 Å². The molecule has 0 aromatic heterocycles. The zero-order valence-electron chi connectivity index (χ0n) is 50.8. The number of nitrogens with two attached hydrogens (primary N) is 6. The van der Waals surface area contributed by atoms with Gasteiger partial charge in [0.2, 0.25) is 52.7 Å². The van der Waals surface area contributed by atoms with Crippen LogP contribution < -0.4 is 113 Å². The summed E-state index contributed by atoms with van der Waals surface area (Å²) >= 11 is 7.87. The number of guanidine groups is 6. The Morgan fingerprint density at radius 1 is 0.383 bits per heavy atom. The molecule has 36 nitrogen and oxygen atoms in total. The van der Waals surface area contributed by atoms with Crippen molar-refractivity contribution in [3.63, 3.8) is 0 Å². The summed E-state index contributed by atoms with van der Waals surface area (Å²) in [6.07, 6.45) is -1.51. The molecular formula is C50H85F4N27O9S4. The number of nitrogens with one attached hydrogen (secondary N) is 21. The predicted octanol–water partition coefficient (Wildman–Crippen LogP) is -6.21. The molecule has 0 fully saturated rings. The maximum absolute atomic E-state index is 15.9. The van der Waals surface area contributed by atoms with E-state index in [9.17, 15) is 43.2 Å². The van der Waals surface area contributed by atoms with E-state index in [4.69, 9.17) is 66.9 Å². The average Bonchev–Trinajstić information content (AvgIpc) is 0.795. The van der Waals surface area contributed by atoms with Crippen molar-refractivity contribution in [3.8, 4) is 0 Å². The van der Waals surface area contributed by atoms with Crippen LogP contribution in [0.2, 0.25) is 0 Å². The molecule has 0 saturated heterocycles. The Morgan fingerprint density at radius 3 is 0.894 bits per heavy atom. The van der Waals surface area contributed by atoms with Crippen molar-refractivity contribution >= 4 is 138 Å². The quantitative estimate of drug-likeness (QED) is 0.00472. The summed E-state index contributed by atoms with van der Waals surface area (Å²) in [6.45, 7) is -0.901. The Balaban J connectivity index is 2.92. The lowest BCUT2D eigenvalue weighted by molar-refractivity contribution is -0.140. The molecular weight excluding hydrogens is 1330 g/mol. The van der Waals surface area contributed by atoms with Gasteiger partial charge in [-0.15, -0.1) is 0 Å². The van der Waals surface area contributed by atoms with Crippen molar-refractivity contribution in [1.29, 1.82) is 32.5 Å². The van der Waals surface area contributed by atoms with Crippen LogP contribution in [-0.4, -0.2) is 194 Å². The van der Waals surface area contributed by atoms with Gasteiger partial charge in [-0.25, -0.2) is 37.9 Å². The lowest BCUT2D eigenvalue weighted by Gasteiger charge is -2.26. The molecule has 3 rings (SSSR count). The summed E-state index contributed by atoms with van der Waals surface area (Å²) in [6, 6.07) is -13.2. The molecule has 8 atom stereocenters. The van der Waals surface area contributed by atoms with Gasteiger partial charge in [-0.1, -0.05) is 0 Å². The van der Waals surface area contributed by atoms with Crippen LogP contribution in [0.4, 0.5) is 17.6 Å². The van der Waals surface area contributed by atoms with Gasteiger partial charge in [-0.3, -0.25) is 75.6 Å². The summed E-state index contributed by atoms with van der Waals surface area (Å²) in [4.78, 5) is 125. The van der Waals surface area contributed by atoms with E-state index in [-0.39, 0.29) is 140 Å². The normalized spacial score (nSPS) is 21.3. The largest absolute Gasteiger partial charge is 0.370 e. The van der Waals surface area contributed by atoms with Crippen LogP contribution in [0.1, 0.15) is 77.0 Å². The molecule has 1 aromatic rings. The molecule has 1 aromatic carbocycles. The van der Waals surface area contributed by atoms with Crippen LogP contribution in [0, 0.1) is 55.7 Å². The van der Waals surface area contributed by atoms with E-state index in [2.05, 4.69) is 104 Å². The Bertz CT molecular complexity index is 2850. The van der Waals surface area contributed by atoms with E-state index in [1.54, 1.807) is 0 Å². The third-order valence-corrected chi connectivity index (χ3v) is 15.9. The molecule has 5 amide bonds. The molecule has 0 aliphatic carbocycles. The number of hydrogen-bond acceptors (Lipinski definition) is 23. The van der Waals surface area contributed by atoms with Crippen molar-refractivity contribution in [2.24, 2.45) is 34.4 Å². The first-order valence-corrected chi connectivity index (χ1v) is 31.9. The van der Waals surface area contributed by atoms with Gasteiger partial charge in [-0.05, 0) is 101 Å². The van der Waals surface area contributed by atoms with Gasteiger partial charge < -0.3 is 92.9 Å². The SMILES string of the molecule is N=C(N)NCCC[C@@H]1NNCC(=O)N[C@@H](CCCNC(=N)N)C(=O)N[C@@H](CCCNC(=N)N)C(=O)N[C@@H](CCCNC(=N)N)C(=O)C(=O)[C@H](CS)NSc2c(F)c(F)c(c(F)c2F)SN[C@@H](CS)C(=O)C(=O)[C@H](CCCNC(=N)N)NC(=O)[C@H](CCCNC(=N)N)NC1=O. The van der Waals surface area contributed by atoms with Gasteiger partial charge in [0.15, 0.2) is 59.0 Å². The summed E-state index contributed by atoms with van der Waals surface area (Å²) in [5.74, 6) is -22.6. The van der Waals surface area contributed by atoms with E-state index < -0.39 is 188 Å². The Hall–Kier alpha value is -8.17. The number of hydrogen-bond donors (Lipinski definition) is 29. The summed E-state index contributed by atoms with van der Waals surface area (Å²) < 4.78 is 68.3. The number of thiol groups is 2. The molecule has 94 heavy (non-hydrogen) atoms. The van der Waals surface area contributed by atoms with Gasteiger partial charge in [0, 0.05) is 50.8 Å². The highest BCUT2D eigenvalue weighted by Gasteiger charge is 2.38. The number of benzene rings is 1. The van der Waals surface area contributed by atoms with E-state index in [0.717, 1.165) is 0 Å².